The van der Waals surface area contributed by atoms with Gasteiger partial charge in [0.25, 0.3) is 0 Å². The topological polar surface area (TPSA) is 75.7 Å². The highest BCUT2D eigenvalue weighted by Gasteiger charge is 2.17. The smallest absolute Gasteiger partial charge is 0.123 e. The van der Waals surface area contributed by atoms with Crippen LogP contribution in [0.3, 0.4) is 0 Å². The van der Waals surface area contributed by atoms with Crippen LogP contribution in [0.15, 0.2) is 66.7 Å². The molecule has 0 aliphatic heterocycles. The minimum atomic E-state index is 0.186. The van der Waals surface area contributed by atoms with Crippen LogP contribution in [-0.4, -0.2) is 23.4 Å². The number of ether oxygens (including phenoxy) is 1. The molecule has 0 aromatic heterocycles. The summed E-state index contributed by atoms with van der Waals surface area (Å²) in [6.45, 7) is 1.29. The van der Waals surface area contributed by atoms with E-state index in [1.54, 1.807) is 24.3 Å². The van der Waals surface area contributed by atoms with Crippen LogP contribution in [-0.2, 0) is 11.3 Å². The first-order chi connectivity index (χ1) is 12.2. The molecule has 0 aliphatic rings. The molecule has 0 amide bonds. The molecule has 3 aromatic carbocycles. The summed E-state index contributed by atoms with van der Waals surface area (Å²) in [4.78, 5) is 0. The van der Waals surface area contributed by atoms with E-state index in [0.29, 0.717) is 30.9 Å². The number of nitrogens with two attached hydrogens (primary N) is 1. The highest BCUT2D eigenvalue weighted by atomic mass is 16.5. The predicted octanol–water partition coefficient (Wildman–Crippen LogP) is 3.91. The van der Waals surface area contributed by atoms with Crippen LogP contribution < -0.4 is 5.73 Å². The standard InChI is InChI=1S/C21H21NO3/c22-12-13-25-14-15-6-5-9-17(16-7-1-3-10-19(16)23)21(15)18-8-2-4-11-20(18)24/h1-11,23-24H,12-14,22H2. The van der Waals surface area contributed by atoms with E-state index < -0.39 is 0 Å². The van der Waals surface area contributed by atoms with Gasteiger partial charge < -0.3 is 20.7 Å². The van der Waals surface area contributed by atoms with Crippen LogP contribution in [0.1, 0.15) is 5.56 Å². The van der Waals surface area contributed by atoms with Crippen molar-refractivity contribution in [1.29, 1.82) is 0 Å². The second kappa shape index (κ2) is 7.83. The number of aromatic hydroxyl groups is 2. The SMILES string of the molecule is NCCOCc1cccc(-c2ccccc2O)c1-c1ccccc1O. The van der Waals surface area contributed by atoms with E-state index in [4.69, 9.17) is 10.5 Å². The first kappa shape index (κ1) is 17.0. The quantitative estimate of drug-likeness (QED) is 0.597. The molecule has 0 bridgehead atoms. The summed E-state index contributed by atoms with van der Waals surface area (Å²) in [7, 11) is 0. The lowest BCUT2D eigenvalue weighted by Crippen LogP contribution is -2.08. The molecule has 3 rings (SSSR count). The van der Waals surface area contributed by atoms with Crippen molar-refractivity contribution >= 4 is 0 Å². The lowest BCUT2D eigenvalue weighted by atomic mass is 9.90. The molecule has 4 nitrogen and oxygen atoms in total. The average molecular weight is 335 g/mol. The van der Waals surface area contributed by atoms with Crippen molar-refractivity contribution in [2.45, 2.75) is 6.61 Å². The first-order valence-electron chi connectivity index (χ1n) is 8.19. The fraction of sp³-hybridized carbons (Fsp3) is 0.143. The lowest BCUT2D eigenvalue weighted by molar-refractivity contribution is 0.128. The summed E-state index contributed by atoms with van der Waals surface area (Å²) in [5.41, 5.74) is 9.53. The van der Waals surface area contributed by atoms with E-state index in [-0.39, 0.29) is 11.5 Å². The number of phenols is 2. The summed E-state index contributed by atoms with van der Waals surface area (Å²) in [5, 5.41) is 20.7. The van der Waals surface area contributed by atoms with Crippen molar-refractivity contribution in [3.05, 3.63) is 72.3 Å². The monoisotopic (exact) mass is 335 g/mol. The zero-order chi connectivity index (χ0) is 17.6. The number of para-hydroxylation sites is 2. The maximum atomic E-state index is 10.4. The second-order valence-corrected chi connectivity index (χ2v) is 5.72. The summed E-state index contributed by atoms with van der Waals surface area (Å²) < 4.78 is 5.62. The highest BCUT2D eigenvalue weighted by molar-refractivity contribution is 5.89. The molecule has 0 spiro atoms. The van der Waals surface area contributed by atoms with Crippen molar-refractivity contribution in [3.63, 3.8) is 0 Å². The minimum Gasteiger partial charge on any atom is -0.507 e. The molecule has 128 valence electrons. The molecule has 0 saturated carbocycles. The van der Waals surface area contributed by atoms with Gasteiger partial charge in [0.1, 0.15) is 11.5 Å². The third-order valence-corrected chi connectivity index (χ3v) is 4.04. The number of hydrogen-bond donors (Lipinski definition) is 3. The van der Waals surface area contributed by atoms with Gasteiger partial charge in [0.2, 0.25) is 0 Å². The molecule has 4 N–H and O–H groups in total. The van der Waals surface area contributed by atoms with Crippen LogP contribution in [0.2, 0.25) is 0 Å². The van der Waals surface area contributed by atoms with Gasteiger partial charge in [0.15, 0.2) is 0 Å². The van der Waals surface area contributed by atoms with Crippen molar-refractivity contribution < 1.29 is 14.9 Å². The van der Waals surface area contributed by atoms with Crippen LogP contribution in [0.4, 0.5) is 0 Å². The zero-order valence-electron chi connectivity index (χ0n) is 13.9. The molecule has 0 radical (unpaired) electrons. The van der Waals surface area contributed by atoms with Crippen LogP contribution in [0.5, 0.6) is 11.5 Å². The number of hydrogen-bond acceptors (Lipinski definition) is 4. The van der Waals surface area contributed by atoms with Gasteiger partial charge in [0, 0.05) is 17.7 Å². The van der Waals surface area contributed by atoms with E-state index in [9.17, 15) is 10.2 Å². The zero-order valence-corrected chi connectivity index (χ0v) is 13.9. The van der Waals surface area contributed by atoms with Crippen molar-refractivity contribution in [2.75, 3.05) is 13.2 Å². The van der Waals surface area contributed by atoms with Crippen molar-refractivity contribution in [2.24, 2.45) is 5.73 Å². The van der Waals surface area contributed by atoms with Gasteiger partial charge in [-0.3, -0.25) is 0 Å². The Balaban J connectivity index is 2.20. The molecule has 3 aromatic rings. The Morgan fingerprint density at radius 3 is 1.96 bits per heavy atom. The average Bonchev–Trinajstić information content (AvgIpc) is 2.63. The Labute approximate surface area is 147 Å². The summed E-state index contributed by atoms with van der Waals surface area (Å²) >= 11 is 0. The second-order valence-electron chi connectivity index (χ2n) is 5.72. The molecule has 0 fully saturated rings. The van der Waals surface area contributed by atoms with Crippen LogP contribution in [0.25, 0.3) is 22.3 Å². The van der Waals surface area contributed by atoms with E-state index in [0.717, 1.165) is 16.7 Å². The Hall–Kier alpha value is -2.82. The molecule has 0 aliphatic carbocycles. The third kappa shape index (κ3) is 3.65. The van der Waals surface area contributed by atoms with Gasteiger partial charge in [-0.1, -0.05) is 54.6 Å². The summed E-state index contributed by atoms with van der Waals surface area (Å²) in [5.74, 6) is 0.379. The molecular formula is C21H21NO3. The van der Waals surface area contributed by atoms with Gasteiger partial charge in [0.05, 0.1) is 13.2 Å². The van der Waals surface area contributed by atoms with Gasteiger partial charge in [-0.05, 0) is 28.8 Å². The lowest BCUT2D eigenvalue weighted by Gasteiger charge is -2.17. The number of rotatable bonds is 6. The Morgan fingerprint density at radius 2 is 1.32 bits per heavy atom. The molecule has 0 heterocycles. The van der Waals surface area contributed by atoms with Crippen molar-refractivity contribution in [3.8, 4) is 33.8 Å². The molecule has 0 atom stereocenters. The van der Waals surface area contributed by atoms with E-state index in [2.05, 4.69) is 0 Å². The maximum absolute atomic E-state index is 10.4. The van der Waals surface area contributed by atoms with Gasteiger partial charge in [-0.2, -0.15) is 0 Å². The van der Waals surface area contributed by atoms with Gasteiger partial charge in [-0.25, -0.2) is 0 Å². The molecule has 25 heavy (non-hydrogen) atoms. The van der Waals surface area contributed by atoms with Gasteiger partial charge >= 0.3 is 0 Å². The normalized spacial score (nSPS) is 10.8. The van der Waals surface area contributed by atoms with Crippen molar-refractivity contribution in [1.82, 2.24) is 0 Å². The highest BCUT2D eigenvalue weighted by Crippen LogP contribution is 2.41. The summed E-state index contributed by atoms with van der Waals surface area (Å²) in [6, 6.07) is 20.2. The summed E-state index contributed by atoms with van der Waals surface area (Å²) in [6.07, 6.45) is 0. The molecule has 4 heteroatoms. The van der Waals surface area contributed by atoms with E-state index >= 15 is 0 Å². The largest absolute Gasteiger partial charge is 0.507 e. The van der Waals surface area contributed by atoms with E-state index in [1.165, 1.54) is 0 Å². The number of phenolic OH excluding ortho intramolecular Hbond substituents is 2. The van der Waals surface area contributed by atoms with E-state index in [1.807, 2.05) is 42.5 Å². The minimum absolute atomic E-state index is 0.186. The maximum Gasteiger partial charge on any atom is 0.123 e. The predicted molar refractivity (Wildman–Crippen MR) is 99.4 cm³/mol. The Kier molecular flexibility index (Phi) is 5.33. The van der Waals surface area contributed by atoms with Gasteiger partial charge in [-0.15, -0.1) is 0 Å². The molecule has 0 unspecified atom stereocenters. The molecule has 0 saturated heterocycles. The third-order valence-electron chi connectivity index (χ3n) is 4.04. The van der Waals surface area contributed by atoms with Crippen LogP contribution in [0, 0.1) is 0 Å². The number of benzene rings is 3. The Morgan fingerprint density at radius 1 is 0.720 bits per heavy atom. The molecular weight excluding hydrogens is 314 g/mol. The Bertz CT molecular complexity index is 861. The van der Waals surface area contributed by atoms with Crippen LogP contribution >= 0.6 is 0 Å². The fourth-order valence-corrected chi connectivity index (χ4v) is 2.91. The fourth-order valence-electron chi connectivity index (χ4n) is 2.91. The first-order valence-corrected chi connectivity index (χ1v) is 8.19.